The number of hydrogen-bond donors (Lipinski definition) is 3. The number of benzene rings is 1. The van der Waals surface area contributed by atoms with Gasteiger partial charge in [0.1, 0.15) is 6.04 Å². The van der Waals surface area contributed by atoms with E-state index in [1.807, 2.05) is 12.1 Å². The van der Waals surface area contributed by atoms with Crippen LogP contribution in [0.25, 0.3) is 0 Å². The third-order valence-electron chi connectivity index (χ3n) is 7.29. The van der Waals surface area contributed by atoms with Crippen molar-refractivity contribution >= 4 is 17.7 Å². The first-order chi connectivity index (χ1) is 14.6. The lowest BCUT2D eigenvalue weighted by atomic mass is 9.90. The standard InChI is InChI=1S/C23H30N4O3/c28-21-7-6-20(22(29)26-21)27-13-19-15(2-1-3-18(19)23(27)30)12-24-9-8-14-10-16-4-5-17(11-14)25-16/h1-3,14,16-17,20,24-25H,4-13H2,(H,26,28,29). The summed E-state index contributed by atoms with van der Waals surface area (Å²) in [6.07, 6.45) is 7.15. The van der Waals surface area contributed by atoms with Crippen LogP contribution in [0.1, 0.15) is 66.4 Å². The van der Waals surface area contributed by atoms with Gasteiger partial charge in [-0.05, 0) is 68.2 Å². The molecule has 7 heteroatoms. The number of nitrogens with one attached hydrogen (secondary N) is 3. The molecule has 5 rings (SSSR count). The fourth-order valence-corrected chi connectivity index (χ4v) is 5.76. The van der Waals surface area contributed by atoms with Crippen molar-refractivity contribution < 1.29 is 14.4 Å². The Morgan fingerprint density at radius 1 is 1.07 bits per heavy atom. The molecule has 7 nitrogen and oxygen atoms in total. The van der Waals surface area contributed by atoms with Gasteiger partial charge in [0.05, 0.1) is 0 Å². The Morgan fingerprint density at radius 2 is 1.87 bits per heavy atom. The van der Waals surface area contributed by atoms with Crippen molar-refractivity contribution in [3.8, 4) is 0 Å². The maximum atomic E-state index is 12.9. The number of carbonyl (C=O) groups is 3. The third kappa shape index (κ3) is 3.76. The van der Waals surface area contributed by atoms with Gasteiger partial charge in [-0.2, -0.15) is 0 Å². The average Bonchev–Trinajstić information content (AvgIpc) is 3.25. The van der Waals surface area contributed by atoms with Crippen LogP contribution in [0, 0.1) is 5.92 Å². The lowest BCUT2D eigenvalue weighted by Crippen LogP contribution is -2.52. The molecule has 3 amide bonds. The lowest BCUT2D eigenvalue weighted by Gasteiger charge is -2.29. The van der Waals surface area contributed by atoms with E-state index >= 15 is 0 Å². The molecule has 1 aromatic carbocycles. The van der Waals surface area contributed by atoms with Gasteiger partial charge in [0.2, 0.25) is 11.8 Å². The van der Waals surface area contributed by atoms with Gasteiger partial charge in [-0.3, -0.25) is 19.7 Å². The quantitative estimate of drug-likeness (QED) is 0.488. The summed E-state index contributed by atoms with van der Waals surface area (Å²) >= 11 is 0. The molecule has 2 bridgehead atoms. The Bertz CT molecular complexity index is 858. The van der Waals surface area contributed by atoms with Gasteiger partial charge in [0, 0.05) is 37.2 Å². The van der Waals surface area contributed by atoms with E-state index in [9.17, 15) is 14.4 Å². The van der Waals surface area contributed by atoms with Gasteiger partial charge < -0.3 is 15.5 Å². The van der Waals surface area contributed by atoms with Gasteiger partial charge in [-0.25, -0.2) is 0 Å². The fraction of sp³-hybridized carbons (Fsp3) is 0.609. The molecule has 0 aliphatic carbocycles. The number of imide groups is 1. The number of hydrogen-bond acceptors (Lipinski definition) is 5. The van der Waals surface area contributed by atoms with Crippen LogP contribution in [0.4, 0.5) is 0 Å². The fourth-order valence-electron chi connectivity index (χ4n) is 5.76. The van der Waals surface area contributed by atoms with Crippen molar-refractivity contribution in [2.75, 3.05) is 6.54 Å². The van der Waals surface area contributed by atoms with Crippen LogP contribution in [-0.4, -0.2) is 47.3 Å². The van der Waals surface area contributed by atoms with Crippen molar-refractivity contribution in [1.29, 1.82) is 0 Å². The van der Waals surface area contributed by atoms with Crippen LogP contribution in [-0.2, 0) is 22.7 Å². The molecule has 3 unspecified atom stereocenters. The molecule has 3 N–H and O–H groups in total. The van der Waals surface area contributed by atoms with E-state index in [4.69, 9.17) is 0 Å². The zero-order valence-electron chi connectivity index (χ0n) is 17.3. The van der Waals surface area contributed by atoms with Crippen LogP contribution >= 0.6 is 0 Å². The molecule has 3 fully saturated rings. The smallest absolute Gasteiger partial charge is 0.255 e. The summed E-state index contributed by atoms with van der Waals surface area (Å²) in [7, 11) is 0. The normalized spacial score (nSPS) is 30.5. The molecular formula is C23H30N4O3. The van der Waals surface area contributed by atoms with Crippen LogP contribution < -0.4 is 16.0 Å². The van der Waals surface area contributed by atoms with E-state index < -0.39 is 6.04 Å². The van der Waals surface area contributed by atoms with Gasteiger partial charge in [-0.15, -0.1) is 0 Å². The van der Waals surface area contributed by atoms with E-state index in [1.165, 1.54) is 32.1 Å². The highest BCUT2D eigenvalue weighted by atomic mass is 16.2. The molecule has 0 radical (unpaired) electrons. The van der Waals surface area contributed by atoms with Gasteiger partial charge in [0.25, 0.3) is 5.91 Å². The zero-order chi connectivity index (χ0) is 20.7. The largest absolute Gasteiger partial charge is 0.322 e. The summed E-state index contributed by atoms with van der Waals surface area (Å²) in [6, 6.07) is 6.74. The predicted molar refractivity (Wildman–Crippen MR) is 111 cm³/mol. The Balaban J connectivity index is 1.18. The zero-order valence-corrected chi connectivity index (χ0v) is 17.3. The predicted octanol–water partition coefficient (Wildman–Crippen LogP) is 1.46. The summed E-state index contributed by atoms with van der Waals surface area (Å²) < 4.78 is 0. The van der Waals surface area contributed by atoms with Gasteiger partial charge in [-0.1, -0.05) is 12.1 Å². The molecule has 3 atom stereocenters. The Labute approximate surface area is 177 Å². The molecule has 3 saturated heterocycles. The van der Waals surface area contributed by atoms with Crippen LogP contribution in [0.5, 0.6) is 0 Å². The lowest BCUT2D eigenvalue weighted by molar-refractivity contribution is -0.136. The highest BCUT2D eigenvalue weighted by Crippen LogP contribution is 2.33. The molecule has 160 valence electrons. The molecule has 1 aromatic rings. The first-order valence-electron chi connectivity index (χ1n) is 11.3. The number of piperidine rings is 2. The number of nitrogens with zero attached hydrogens (tertiary/aromatic N) is 1. The molecule has 4 aliphatic rings. The molecule has 0 aromatic heterocycles. The van der Waals surface area contributed by atoms with E-state index in [0.29, 0.717) is 18.5 Å². The Hall–Kier alpha value is -2.25. The first kappa shape index (κ1) is 19.7. The second-order valence-electron chi connectivity index (χ2n) is 9.28. The number of carbonyl (C=O) groups excluding carboxylic acids is 3. The SMILES string of the molecule is O=C1CCC(N2Cc3c(CNCCC4CC5CCC(C4)N5)cccc3C2=O)C(=O)N1. The third-order valence-corrected chi connectivity index (χ3v) is 7.29. The second-order valence-corrected chi connectivity index (χ2v) is 9.28. The molecule has 4 aliphatic heterocycles. The van der Waals surface area contributed by atoms with E-state index in [2.05, 4.69) is 22.0 Å². The molecule has 4 heterocycles. The van der Waals surface area contributed by atoms with Crippen molar-refractivity contribution in [1.82, 2.24) is 20.9 Å². The first-order valence-corrected chi connectivity index (χ1v) is 11.3. The van der Waals surface area contributed by atoms with E-state index in [0.717, 1.165) is 42.2 Å². The summed E-state index contributed by atoms with van der Waals surface area (Å²) in [5, 5.41) is 9.64. The Morgan fingerprint density at radius 3 is 2.63 bits per heavy atom. The summed E-state index contributed by atoms with van der Waals surface area (Å²) in [6.45, 7) is 2.16. The monoisotopic (exact) mass is 410 g/mol. The van der Waals surface area contributed by atoms with Crippen LogP contribution in [0.15, 0.2) is 18.2 Å². The van der Waals surface area contributed by atoms with E-state index in [1.54, 1.807) is 4.90 Å². The average molecular weight is 411 g/mol. The maximum Gasteiger partial charge on any atom is 0.255 e. The summed E-state index contributed by atoms with van der Waals surface area (Å²) in [4.78, 5) is 38.2. The molecule has 0 saturated carbocycles. The Kier molecular flexibility index (Phi) is 5.33. The minimum atomic E-state index is -0.557. The minimum Gasteiger partial charge on any atom is -0.322 e. The van der Waals surface area contributed by atoms with E-state index in [-0.39, 0.29) is 24.1 Å². The summed E-state index contributed by atoms with van der Waals surface area (Å²) in [5.74, 6) is 0.0870. The summed E-state index contributed by atoms with van der Waals surface area (Å²) in [5.41, 5.74) is 2.83. The number of rotatable bonds is 6. The highest BCUT2D eigenvalue weighted by Gasteiger charge is 2.39. The van der Waals surface area contributed by atoms with Crippen molar-refractivity contribution in [2.24, 2.45) is 5.92 Å². The van der Waals surface area contributed by atoms with Crippen molar-refractivity contribution in [3.63, 3.8) is 0 Å². The van der Waals surface area contributed by atoms with Crippen LogP contribution in [0.2, 0.25) is 0 Å². The molecular weight excluding hydrogens is 380 g/mol. The van der Waals surface area contributed by atoms with Crippen LogP contribution in [0.3, 0.4) is 0 Å². The minimum absolute atomic E-state index is 0.105. The molecule has 30 heavy (non-hydrogen) atoms. The number of fused-ring (bicyclic) bond motifs is 3. The topological polar surface area (TPSA) is 90.5 Å². The second kappa shape index (κ2) is 8.12. The maximum absolute atomic E-state index is 12.9. The van der Waals surface area contributed by atoms with Gasteiger partial charge in [0.15, 0.2) is 0 Å². The highest BCUT2D eigenvalue weighted by molar-refractivity contribution is 6.05. The van der Waals surface area contributed by atoms with Crippen molar-refractivity contribution in [3.05, 3.63) is 34.9 Å². The van der Waals surface area contributed by atoms with Crippen molar-refractivity contribution in [2.45, 2.75) is 76.2 Å². The van der Waals surface area contributed by atoms with Gasteiger partial charge >= 0.3 is 0 Å². The molecule has 0 spiro atoms. The number of amides is 3.